The summed E-state index contributed by atoms with van der Waals surface area (Å²) >= 11 is 0. The van der Waals surface area contributed by atoms with Crippen molar-refractivity contribution in [2.45, 2.75) is 44.7 Å². The maximum atomic E-state index is 12.9. The molecule has 30 heavy (non-hydrogen) atoms. The molecular weight excluding hydrogens is 384 g/mol. The number of allylic oxidation sites excluding steroid dienone is 2. The first-order chi connectivity index (χ1) is 14.4. The Hall–Kier alpha value is -2.93. The number of hydrogen-bond donors (Lipinski definition) is 3. The highest BCUT2D eigenvalue weighted by Crippen LogP contribution is 2.17. The zero-order valence-corrected chi connectivity index (χ0v) is 17.5. The van der Waals surface area contributed by atoms with Crippen LogP contribution in [-0.4, -0.2) is 42.1 Å². The fraction of sp³-hybridized carbons (Fsp3) is 0.435. The minimum atomic E-state index is -0.629. The second kappa shape index (κ2) is 14.1. The number of carbonyl (C=O) groups excluding carboxylic acids is 3. The molecule has 3 atom stereocenters. The lowest BCUT2D eigenvalue weighted by Crippen LogP contribution is -2.40. The van der Waals surface area contributed by atoms with Gasteiger partial charge in [-0.25, -0.2) is 0 Å². The SMILES string of the molecule is C=CCCC(=O)OC[C@H](NC(=O)[C@H](CC=C)CC(=O)N[C@@H](C)CO)c1ccccc1. The predicted molar refractivity (Wildman–Crippen MR) is 115 cm³/mol. The molecule has 0 saturated heterocycles. The highest BCUT2D eigenvalue weighted by molar-refractivity contribution is 5.86. The van der Waals surface area contributed by atoms with E-state index < -0.39 is 18.0 Å². The summed E-state index contributed by atoms with van der Waals surface area (Å²) in [7, 11) is 0. The van der Waals surface area contributed by atoms with Crippen molar-refractivity contribution < 1.29 is 24.2 Å². The molecule has 0 aromatic heterocycles. The first kappa shape index (κ1) is 25.1. The van der Waals surface area contributed by atoms with E-state index in [-0.39, 0.29) is 43.8 Å². The Morgan fingerprint density at radius 1 is 1.13 bits per heavy atom. The van der Waals surface area contributed by atoms with Gasteiger partial charge in [0.05, 0.1) is 18.6 Å². The monoisotopic (exact) mass is 416 g/mol. The van der Waals surface area contributed by atoms with Gasteiger partial charge in [0, 0.05) is 18.9 Å². The number of ether oxygens (including phenoxy) is 1. The van der Waals surface area contributed by atoms with E-state index >= 15 is 0 Å². The molecule has 164 valence electrons. The molecule has 0 spiro atoms. The van der Waals surface area contributed by atoms with Crippen LogP contribution in [0.25, 0.3) is 0 Å². The molecule has 0 aliphatic rings. The van der Waals surface area contributed by atoms with Crippen LogP contribution in [0.15, 0.2) is 55.6 Å². The van der Waals surface area contributed by atoms with Gasteiger partial charge in [-0.15, -0.1) is 13.2 Å². The van der Waals surface area contributed by atoms with Crippen LogP contribution in [-0.2, 0) is 19.1 Å². The third kappa shape index (κ3) is 9.52. The smallest absolute Gasteiger partial charge is 0.306 e. The third-order valence-corrected chi connectivity index (χ3v) is 4.42. The van der Waals surface area contributed by atoms with Gasteiger partial charge in [0.15, 0.2) is 0 Å². The van der Waals surface area contributed by atoms with E-state index in [1.54, 1.807) is 19.1 Å². The Kier molecular flexibility index (Phi) is 11.8. The van der Waals surface area contributed by atoms with Crippen molar-refractivity contribution >= 4 is 17.8 Å². The van der Waals surface area contributed by atoms with Crippen molar-refractivity contribution in [3.63, 3.8) is 0 Å². The summed E-state index contributed by atoms with van der Waals surface area (Å²) in [6, 6.07) is 8.25. The van der Waals surface area contributed by atoms with Crippen molar-refractivity contribution in [1.29, 1.82) is 0 Å². The quantitative estimate of drug-likeness (QED) is 0.319. The van der Waals surface area contributed by atoms with E-state index in [0.29, 0.717) is 12.8 Å². The Morgan fingerprint density at radius 3 is 2.43 bits per heavy atom. The highest BCUT2D eigenvalue weighted by atomic mass is 16.5. The summed E-state index contributed by atoms with van der Waals surface area (Å²) in [6.45, 7) is 8.72. The van der Waals surface area contributed by atoms with Gasteiger partial charge >= 0.3 is 5.97 Å². The average Bonchev–Trinajstić information content (AvgIpc) is 2.75. The van der Waals surface area contributed by atoms with E-state index in [1.807, 2.05) is 30.3 Å². The molecule has 0 saturated carbocycles. The fourth-order valence-electron chi connectivity index (χ4n) is 2.75. The van der Waals surface area contributed by atoms with Crippen LogP contribution in [0.5, 0.6) is 0 Å². The number of nitrogens with one attached hydrogen (secondary N) is 2. The second-order valence-electron chi connectivity index (χ2n) is 7.06. The van der Waals surface area contributed by atoms with Crippen LogP contribution in [0.3, 0.4) is 0 Å². The normalized spacial score (nSPS) is 13.4. The molecule has 0 heterocycles. The van der Waals surface area contributed by atoms with Crippen LogP contribution in [0, 0.1) is 5.92 Å². The van der Waals surface area contributed by atoms with Crippen LogP contribution in [0.1, 0.15) is 44.2 Å². The lowest BCUT2D eigenvalue weighted by Gasteiger charge is -2.23. The van der Waals surface area contributed by atoms with E-state index in [4.69, 9.17) is 9.84 Å². The number of aliphatic hydroxyl groups is 1. The van der Waals surface area contributed by atoms with Crippen LogP contribution in [0.4, 0.5) is 0 Å². The summed E-state index contributed by atoms with van der Waals surface area (Å²) in [6.07, 6.45) is 4.24. The molecule has 0 unspecified atom stereocenters. The molecule has 1 rings (SSSR count). The van der Waals surface area contributed by atoms with Crippen molar-refractivity contribution in [3.8, 4) is 0 Å². The topological polar surface area (TPSA) is 105 Å². The van der Waals surface area contributed by atoms with Gasteiger partial charge in [0.25, 0.3) is 0 Å². The molecule has 0 radical (unpaired) electrons. The summed E-state index contributed by atoms with van der Waals surface area (Å²) in [5, 5.41) is 14.6. The zero-order chi connectivity index (χ0) is 22.4. The standard InChI is InChI=1S/C23H32N2O5/c1-4-6-13-22(28)30-16-20(18-11-8-7-9-12-18)25-23(29)19(10-5-2)14-21(27)24-17(3)15-26/h4-5,7-9,11-12,17,19-20,26H,1-2,6,10,13-16H2,3H3,(H,24,27)(H,25,29)/t17-,19+,20-/m0/s1. The molecule has 0 aliphatic carbocycles. The summed E-state index contributed by atoms with van der Waals surface area (Å²) in [5.74, 6) is -1.66. The Bertz CT molecular complexity index is 705. The number of benzene rings is 1. The largest absolute Gasteiger partial charge is 0.463 e. The number of amides is 2. The van der Waals surface area contributed by atoms with Crippen LogP contribution < -0.4 is 10.6 Å². The molecule has 1 aromatic rings. The minimum Gasteiger partial charge on any atom is -0.463 e. The fourth-order valence-corrected chi connectivity index (χ4v) is 2.75. The summed E-state index contributed by atoms with van der Waals surface area (Å²) in [5.41, 5.74) is 0.790. The predicted octanol–water partition coefficient (Wildman–Crippen LogP) is 2.43. The summed E-state index contributed by atoms with van der Waals surface area (Å²) < 4.78 is 5.32. The second-order valence-corrected chi connectivity index (χ2v) is 7.06. The molecule has 2 amide bonds. The van der Waals surface area contributed by atoms with Gasteiger partial charge in [-0.3, -0.25) is 14.4 Å². The Balaban J connectivity index is 2.83. The maximum absolute atomic E-state index is 12.9. The van der Waals surface area contributed by atoms with Crippen molar-refractivity contribution in [3.05, 3.63) is 61.2 Å². The first-order valence-electron chi connectivity index (χ1n) is 10.0. The molecular formula is C23H32N2O5. The number of aliphatic hydroxyl groups excluding tert-OH is 1. The van der Waals surface area contributed by atoms with Crippen LogP contribution >= 0.6 is 0 Å². The lowest BCUT2D eigenvalue weighted by atomic mass is 9.98. The van der Waals surface area contributed by atoms with Gasteiger partial charge in [-0.1, -0.05) is 42.5 Å². The van der Waals surface area contributed by atoms with Gasteiger partial charge in [-0.2, -0.15) is 0 Å². The Labute approximate surface area is 178 Å². The van der Waals surface area contributed by atoms with Crippen molar-refractivity contribution in [2.75, 3.05) is 13.2 Å². The van der Waals surface area contributed by atoms with Gasteiger partial charge in [-0.05, 0) is 25.3 Å². The minimum absolute atomic E-state index is 0.0136. The molecule has 7 nitrogen and oxygen atoms in total. The number of rotatable bonds is 14. The first-order valence-corrected chi connectivity index (χ1v) is 10.0. The van der Waals surface area contributed by atoms with E-state index in [1.165, 1.54) is 0 Å². The molecule has 0 bridgehead atoms. The molecule has 7 heteroatoms. The van der Waals surface area contributed by atoms with Crippen molar-refractivity contribution in [2.24, 2.45) is 5.92 Å². The van der Waals surface area contributed by atoms with Crippen molar-refractivity contribution in [1.82, 2.24) is 10.6 Å². The number of carbonyl (C=O) groups is 3. The third-order valence-electron chi connectivity index (χ3n) is 4.42. The number of esters is 1. The number of hydrogen-bond acceptors (Lipinski definition) is 5. The van der Waals surface area contributed by atoms with E-state index in [2.05, 4.69) is 23.8 Å². The maximum Gasteiger partial charge on any atom is 0.306 e. The highest BCUT2D eigenvalue weighted by Gasteiger charge is 2.25. The van der Waals surface area contributed by atoms with Gasteiger partial charge < -0.3 is 20.5 Å². The average molecular weight is 417 g/mol. The Morgan fingerprint density at radius 2 is 1.83 bits per heavy atom. The molecule has 1 aromatic carbocycles. The van der Waals surface area contributed by atoms with Gasteiger partial charge in [0.2, 0.25) is 11.8 Å². The van der Waals surface area contributed by atoms with E-state index in [0.717, 1.165) is 5.56 Å². The molecule has 0 fully saturated rings. The zero-order valence-electron chi connectivity index (χ0n) is 17.5. The van der Waals surface area contributed by atoms with Gasteiger partial charge in [0.1, 0.15) is 6.61 Å². The lowest BCUT2D eigenvalue weighted by molar-refractivity contribution is -0.145. The summed E-state index contributed by atoms with van der Waals surface area (Å²) in [4.78, 5) is 36.9. The molecule has 3 N–H and O–H groups in total. The van der Waals surface area contributed by atoms with E-state index in [9.17, 15) is 14.4 Å². The molecule has 0 aliphatic heterocycles. The van der Waals surface area contributed by atoms with Crippen LogP contribution in [0.2, 0.25) is 0 Å².